The van der Waals surface area contributed by atoms with Crippen molar-refractivity contribution in [3.63, 3.8) is 0 Å². The highest BCUT2D eigenvalue weighted by Gasteiger charge is 2.32. The second-order valence-corrected chi connectivity index (χ2v) is 19.6. The maximum atomic E-state index is 6.66. The number of aryl methyl sites for hydroxylation is 3. The van der Waals surface area contributed by atoms with E-state index in [4.69, 9.17) is 4.74 Å². The van der Waals surface area contributed by atoms with Crippen LogP contribution in [-0.2, 0) is 12.8 Å². The Morgan fingerprint density at radius 2 is 0.841 bits per heavy atom. The molecule has 0 unspecified atom stereocenters. The monoisotopic (exact) mass is 925 g/mol. The molecule has 0 saturated heterocycles. The molecule has 69 heavy (non-hydrogen) atoms. The van der Waals surface area contributed by atoms with Crippen molar-refractivity contribution in [1.29, 1.82) is 0 Å². The Kier molecular flexibility index (Phi) is 22.3. The second kappa shape index (κ2) is 27.3. The lowest BCUT2D eigenvalue weighted by atomic mass is 9.77. The molecule has 1 heteroatoms. The first-order valence-electron chi connectivity index (χ1n) is 26.0. The number of hydrogen-bond acceptors (Lipinski definition) is 1. The summed E-state index contributed by atoms with van der Waals surface area (Å²) in [6.45, 7) is 14.4. The van der Waals surface area contributed by atoms with Gasteiger partial charge >= 0.3 is 0 Å². The molecular weight excluding hydrogens is 833 g/mol. The fourth-order valence-corrected chi connectivity index (χ4v) is 11.0. The maximum Gasteiger partial charge on any atom is 0.127 e. The van der Waals surface area contributed by atoms with Crippen LogP contribution >= 0.6 is 0 Å². The zero-order valence-electron chi connectivity index (χ0n) is 40.9. The van der Waals surface area contributed by atoms with Crippen molar-refractivity contribution in [2.45, 2.75) is 193 Å². The van der Waals surface area contributed by atoms with Crippen LogP contribution in [0.2, 0.25) is 0 Å². The number of unbranched alkanes of at least 4 members (excludes halogenated alkanes) is 14. The first-order valence-corrected chi connectivity index (χ1v) is 26.0. The molecule has 0 fully saturated rings. The van der Waals surface area contributed by atoms with Gasteiger partial charge in [0.05, 0.1) is 6.61 Å². The molecule has 0 atom stereocenters. The smallest absolute Gasteiger partial charge is 0.127 e. The van der Waals surface area contributed by atoms with Crippen molar-refractivity contribution in [1.82, 2.24) is 0 Å². The Morgan fingerprint density at radius 3 is 1.36 bits per heavy atom. The van der Waals surface area contributed by atoms with E-state index in [1.54, 1.807) is 11.1 Å². The van der Waals surface area contributed by atoms with E-state index in [9.17, 15) is 0 Å². The minimum absolute atomic E-state index is 0. The molecule has 0 bridgehead atoms. The van der Waals surface area contributed by atoms with E-state index in [0.717, 1.165) is 31.6 Å². The lowest BCUT2D eigenvalue weighted by molar-refractivity contribution is 0.308. The maximum absolute atomic E-state index is 6.66. The lowest BCUT2D eigenvalue weighted by Gasteiger charge is -2.26. The molecule has 0 aliphatic heterocycles. The molecule has 7 aromatic carbocycles. The van der Waals surface area contributed by atoms with E-state index in [1.165, 1.54) is 197 Å². The molecule has 1 aliphatic carbocycles. The predicted octanol–water partition coefficient (Wildman–Crippen LogP) is 22.3. The number of hydrogen-bond donors (Lipinski definition) is 0. The highest BCUT2D eigenvalue weighted by Crippen LogP contribution is 2.57. The van der Waals surface area contributed by atoms with Gasteiger partial charge in [0.1, 0.15) is 5.75 Å². The molecule has 0 amide bonds. The van der Waals surface area contributed by atoms with Gasteiger partial charge in [-0.2, -0.15) is 0 Å². The summed E-state index contributed by atoms with van der Waals surface area (Å²) in [5.74, 6) is 1.01. The Labute approximate surface area is 422 Å². The van der Waals surface area contributed by atoms with Crippen molar-refractivity contribution in [2.75, 3.05) is 6.61 Å². The molecule has 7 aromatic rings. The number of benzene rings is 7. The van der Waals surface area contributed by atoms with Crippen molar-refractivity contribution >= 4 is 21.5 Å². The fraction of sp³-hybridized carbons (Fsp3) is 0.441. The molecule has 0 radical (unpaired) electrons. The van der Waals surface area contributed by atoms with Crippen molar-refractivity contribution in [3.05, 3.63) is 137 Å². The number of ether oxygens (including phenoxy) is 1. The van der Waals surface area contributed by atoms with Crippen LogP contribution in [0.1, 0.15) is 187 Å². The summed E-state index contributed by atoms with van der Waals surface area (Å²) in [6.07, 6.45) is 24.0. The molecule has 1 nitrogen and oxygen atoms in total. The van der Waals surface area contributed by atoms with Gasteiger partial charge in [-0.1, -0.05) is 242 Å². The van der Waals surface area contributed by atoms with Gasteiger partial charge < -0.3 is 4.74 Å². The van der Waals surface area contributed by atoms with E-state index >= 15 is 0 Å². The molecule has 0 aromatic heterocycles. The highest BCUT2D eigenvalue weighted by atomic mass is 16.5. The van der Waals surface area contributed by atoms with Crippen LogP contribution < -0.4 is 4.74 Å². The van der Waals surface area contributed by atoms with Crippen LogP contribution in [0.15, 0.2) is 109 Å². The Morgan fingerprint density at radius 1 is 0.377 bits per heavy atom. The average Bonchev–Trinajstić information content (AvgIpc) is 3.65. The summed E-state index contributed by atoms with van der Waals surface area (Å²) >= 11 is 0. The summed E-state index contributed by atoms with van der Waals surface area (Å²) in [5, 5.41) is 5.26. The van der Waals surface area contributed by atoms with Gasteiger partial charge in [-0.3, -0.25) is 0 Å². The summed E-state index contributed by atoms with van der Waals surface area (Å²) in [5.41, 5.74) is 20.9. The second-order valence-electron chi connectivity index (χ2n) is 19.6. The van der Waals surface area contributed by atoms with Crippen LogP contribution in [0.25, 0.3) is 77.2 Å². The van der Waals surface area contributed by atoms with Crippen LogP contribution in [0, 0.1) is 20.8 Å². The van der Waals surface area contributed by atoms with Gasteiger partial charge in [-0.25, -0.2) is 0 Å². The highest BCUT2D eigenvalue weighted by molar-refractivity contribution is 6.22. The van der Waals surface area contributed by atoms with E-state index < -0.39 is 0 Å². The lowest BCUT2D eigenvalue weighted by Crippen LogP contribution is -2.06. The summed E-state index contributed by atoms with van der Waals surface area (Å²) in [6, 6.07) is 42.6. The molecule has 370 valence electrons. The zero-order valence-corrected chi connectivity index (χ0v) is 40.9. The van der Waals surface area contributed by atoms with Gasteiger partial charge in [0, 0.05) is 5.39 Å². The minimum Gasteiger partial charge on any atom is -0.493 e. The number of rotatable bonds is 24. The summed E-state index contributed by atoms with van der Waals surface area (Å²) in [7, 11) is 0. The van der Waals surface area contributed by atoms with E-state index in [1.807, 2.05) is 0 Å². The molecule has 0 spiro atoms. The van der Waals surface area contributed by atoms with Crippen LogP contribution in [-0.4, -0.2) is 6.61 Å². The third-order valence-electron chi connectivity index (χ3n) is 14.5. The fourth-order valence-electron chi connectivity index (χ4n) is 11.0. The molecule has 0 N–H and O–H groups in total. The third kappa shape index (κ3) is 12.8. The van der Waals surface area contributed by atoms with Gasteiger partial charge in [0.15, 0.2) is 0 Å². The van der Waals surface area contributed by atoms with E-state index in [2.05, 4.69) is 151 Å². The van der Waals surface area contributed by atoms with Crippen LogP contribution in [0.3, 0.4) is 0 Å². The number of fused-ring (bicyclic) bond motifs is 4. The molecule has 1 aliphatic rings. The van der Waals surface area contributed by atoms with Gasteiger partial charge in [-0.05, 0) is 160 Å². The van der Waals surface area contributed by atoms with Crippen molar-refractivity contribution < 1.29 is 4.74 Å². The summed E-state index contributed by atoms with van der Waals surface area (Å²) in [4.78, 5) is 0. The first-order chi connectivity index (χ1) is 31.9. The normalized spacial score (nSPS) is 11.2. The molecule has 8 rings (SSSR count). The van der Waals surface area contributed by atoms with Gasteiger partial charge in [-0.15, -0.1) is 0 Å². The topological polar surface area (TPSA) is 9.23 Å². The molecule has 0 heterocycles. The Balaban J connectivity index is 0.00000259. The standard InChI is InChI=1S/C64H76O.4CH4/c1-7-10-13-16-18-20-22-29-53-54(28-21-19-17-14-11-8-2)62(64-56-31-25-27-49-26-24-30-55(60(49)56)63(64)61(53)50-34-32-45(4)33-35-50)51-38-36-48(37-39-51)52-43-57-47(6)41-46(5)42-58(57)59(44-52)65-40-23-15-12-9-3;;;;/h24-27,30-39,41-44H,7-23,28-29,40H2,1-6H3;4*1H4. The van der Waals surface area contributed by atoms with Gasteiger partial charge in [0.25, 0.3) is 0 Å². The van der Waals surface area contributed by atoms with Crippen molar-refractivity contribution in [3.8, 4) is 61.4 Å². The summed E-state index contributed by atoms with van der Waals surface area (Å²) < 4.78 is 6.66. The van der Waals surface area contributed by atoms with E-state index in [-0.39, 0.29) is 29.7 Å². The Hall–Kier alpha value is -5.14. The largest absolute Gasteiger partial charge is 0.493 e. The Bertz CT molecular complexity index is 2670. The quantitative estimate of drug-likeness (QED) is 0.0549. The van der Waals surface area contributed by atoms with Crippen LogP contribution in [0.5, 0.6) is 5.75 Å². The zero-order chi connectivity index (χ0) is 45.1. The third-order valence-corrected chi connectivity index (χ3v) is 14.5. The first kappa shape index (κ1) is 56.4. The van der Waals surface area contributed by atoms with Crippen molar-refractivity contribution in [2.24, 2.45) is 0 Å². The van der Waals surface area contributed by atoms with Crippen LogP contribution in [0.4, 0.5) is 0 Å². The SMILES string of the molecule is C.C.C.C.CCCCCCCCCc1c(CCCCCCCC)c(-c2ccc(-c3cc(OCCCCCC)c4cc(C)cc(C)c4c3)cc2)c2c(c1-c1ccc(C)cc1)-c1cccc3cccc-2c13. The minimum atomic E-state index is 0. The average molecular weight is 925 g/mol. The molecule has 0 saturated carbocycles. The predicted molar refractivity (Wildman–Crippen MR) is 312 cm³/mol. The van der Waals surface area contributed by atoms with E-state index in [0.29, 0.717) is 0 Å². The van der Waals surface area contributed by atoms with Gasteiger partial charge in [0.2, 0.25) is 0 Å². The molecular formula is C68H92O.